The molecule has 1 aromatic carbocycles. The van der Waals surface area contributed by atoms with Crippen molar-refractivity contribution in [1.82, 2.24) is 20.3 Å². The molecule has 0 radical (unpaired) electrons. The number of aliphatic carboxylic acids is 1. The van der Waals surface area contributed by atoms with Crippen LogP contribution in [0, 0.1) is 50.4 Å². The van der Waals surface area contributed by atoms with Gasteiger partial charge in [-0.3, -0.25) is 36.9 Å². The van der Waals surface area contributed by atoms with E-state index in [2.05, 4.69) is 37.8 Å². The van der Waals surface area contributed by atoms with Crippen molar-refractivity contribution in [2.45, 2.75) is 12.5 Å². The van der Waals surface area contributed by atoms with Gasteiger partial charge in [0.1, 0.15) is 0 Å². The molecule has 0 aliphatic heterocycles. The second-order valence-electron chi connectivity index (χ2n) is 6.33. The van der Waals surface area contributed by atoms with E-state index < -0.39 is 37.2 Å². The van der Waals surface area contributed by atoms with Gasteiger partial charge < -0.3 is 65.7 Å². The van der Waals surface area contributed by atoms with Crippen LogP contribution >= 0.6 is 12.2 Å². The van der Waals surface area contributed by atoms with Crippen LogP contribution in [0.5, 0.6) is 0 Å². The van der Waals surface area contributed by atoms with Gasteiger partial charge in [0.25, 0.3) is 0 Å². The maximum Gasteiger partial charge on any atom is 0.317 e. The number of nitrogens with zero attached hydrogens (tertiary/aromatic N) is 3. The monoisotopic (exact) mass is 701 g/mol. The van der Waals surface area contributed by atoms with Gasteiger partial charge in [-0.15, -0.1) is 0 Å². The number of anilines is 1. The molecule has 0 aliphatic carbocycles. The van der Waals surface area contributed by atoms with E-state index in [1.54, 1.807) is 31.3 Å². The minimum absolute atomic E-state index is 0. The summed E-state index contributed by atoms with van der Waals surface area (Å²) >= 11 is 5.01. The normalized spacial score (nSPS) is 9.89. The average molecular weight is 701 g/mol. The molecule has 17 heteroatoms. The number of rotatable bonds is 13. The first kappa shape index (κ1) is 46.0. The maximum absolute atomic E-state index is 11.5. The number of carboxylic acids is 1. The van der Waals surface area contributed by atoms with Crippen molar-refractivity contribution >= 4 is 56.1 Å². The van der Waals surface area contributed by atoms with Crippen LogP contribution in [0.25, 0.3) is 0 Å². The molecule has 0 aromatic heterocycles. The molecule has 220 valence electrons. The van der Waals surface area contributed by atoms with Crippen molar-refractivity contribution < 1.29 is 79.2 Å². The molecule has 1 rings (SSSR count). The van der Waals surface area contributed by atoms with Crippen LogP contribution in [0.1, 0.15) is 5.56 Å². The largest absolute Gasteiger partial charge is 0.843 e. The van der Waals surface area contributed by atoms with Gasteiger partial charge in [0.05, 0.1) is 6.54 Å². The van der Waals surface area contributed by atoms with Gasteiger partial charge >= 0.3 is 5.97 Å². The number of nitrogens with one attached hydrogen (secondary N) is 2. The fourth-order valence-corrected chi connectivity index (χ4v) is 2.69. The minimum atomic E-state index is -1.14. The van der Waals surface area contributed by atoms with E-state index in [-0.39, 0.29) is 66.0 Å². The maximum atomic E-state index is 11.5. The summed E-state index contributed by atoms with van der Waals surface area (Å²) in [5.74, 6) is -1.14. The van der Waals surface area contributed by atoms with Crippen LogP contribution in [0.15, 0.2) is 24.3 Å². The van der Waals surface area contributed by atoms with Crippen molar-refractivity contribution in [3.63, 3.8) is 0 Å². The first-order valence-corrected chi connectivity index (χ1v) is 10.2. The zero-order valence-corrected chi connectivity index (χ0v) is 23.5. The first-order valence-electron chi connectivity index (χ1n) is 9.77. The molecule has 1 aromatic rings. The van der Waals surface area contributed by atoms with E-state index >= 15 is 0 Å². The molecule has 0 saturated heterocycles. The van der Waals surface area contributed by atoms with Crippen LogP contribution in [0.3, 0.4) is 0 Å². The van der Waals surface area contributed by atoms with E-state index in [1.807, 2.05) is 0 Å². The summed E-state index contributed by atoms with van der Waals surface area (Å²) in [5.41, 5.74) is 1.44. The second kappa shape index (κ2) is 33.1. The summed E-state index contributed by atoms with van der Waals surface area (Å²) in [4.78, 5) is 44.5. The molecular weight excluding hydrogens is 672 g/mol. The fourth-order valence-electron chi connectivity index (χ4n) is 2.57. The number of carboxylic acid groups (broad SMARTS) is 1. The van der Waals surface area contributed by atoms with Crippen LogP contribution in [-0.4, -0.2) is 111 Å². The molecule has 0 fully saturated rings. The van der Waals surface area contributed by atoms with Crippen LogP contribution in [-0.2, 0) is 30.4 Å². The van der Waals surface area contributed by atoms with Crippen molar-refractivity contribution in [2.75, 3.05) is 52.0 Å². The van der Waals surface area contributed by atoms with Gasteiger partial charge in [0.15, 0.2) is 5.11 Å². The van der Waals surface area contributed by atoms with Crippen molar-refractivity contribution in [1.29, 1.82) is 0 Å². The van der Waals surface area contributed by atoms with Gasteiger partial charge in [-0.25, -0.2) is 0 Å². The number of benzene rings is 1. The standard InChI is InChI=1S/C17H25N5O6S.4CHO.Gd/c1-18-17(29)19-14-4-2-13(3-5-14)8-15(22(27)28)9-20(10-16(25)26)6-7-21(11-23)12-24;4*1-2;/h2-5,15H,6-12H2,1H3,(H,25,26)(H2,18,19,29);4*1H;/q-4;4*-1;. The van der Waals surface area contributed by atoms with E-state index in [0.717, 1.165) is 10.6 Å². The smallest absolute Gasteiger partial charge is 0.317 e. The van der Waals surface area contributed by atoms with E-state index in [4.69, 9.17) is 36.5 Å². The van der Waals surface area contributed by atoms with E-state index in [9.17, 15) is 25.4 Å². The molecule has 38 heavy (non-hydrogen) atoms. The Hall–Kier alpha value is -1.90. The van der Waals surface area contributed by atoms with Crippen molar-refractivity contribution in [3.8, 4) is 0 Å². The van der Waals surface area contributed by atoms with Gasteiger partial charge in [0.2, 0.25) is 0 Å². The molecule has 0 aliphatic rings. The first-order chi connectivity index (χ1) is 17.8. The molecule has 0 bridgehead atoms. The minimum Gasteiger partial charge on any atom is -0.843 e. The molecule has 0 heterocycles. The Morgan fingerprint density at radius 3 is 1.76 bits per heavy atom. The third-order valence-electron chi connectivity index (χ3n) is 4.13. The topological polar surface area (TPSA) is 232 Å². The third kappa shape index (κ3) is 24.4. The summed E-state index contributed by atoms with van der Waals surface area (Å²) < 4.78 is 0. The van der Waals surface area contributed by atoms with Crippen molar-refractivity contribution in [2.24, 2.45) is 0 Å². The zero-order chi connectivity index (χ0) is 29.8. The van der Waals surface area contributed by atoms with Gasteiger partial charge in [-0.2, -0.15) is 0 Å². The fraction of sp³-hybridized carbons (Fsp3) is 0.429. The van der Waals surface area contributed by atoms with E-state index in [1.165, 1.54) is 4.90 Å². The number of hydrogen-bond acceptors (Lipinski definition) is 13. The number of thiocarbonyl (C=S) groups is 1. The molecular formula is C21H29GdN5O10S-8. The summed E-state index contributed by atoms with van der Waals surface area (Å²) in [7, 11) is 1.68. The quantitative estimate of drug-likeness (QED) is 0.0613. The Kier molecular flexibility index (Phi) is 40.1. The predicted molar refractivity (Wildman–Crippen MR) is 135 cm³/mol. The summed E-state index contributed by atoms with van der Waals surface area (Å²) in [5, 5.41) is 59.5. The molecule has 1 atom stereocenters. The zero-order valence-electron chi connectivity index (χ0n) is 20.4. The summed E-state index contributed by atoms with van der Waals surface area (Å²) in [6.07, 6.45) is 0.104. The Bertz CT molecular complexity index is 697. The van der Waals surface area contributed by atoms with Crippen LogP contribution < -0.4 is 20.8 Å². The van der Waals surface area contributed by atoms with Gasteiger partial charge in [0, 0.05) is 78.4 Å². The molecule has 1 unspecified atom stereocenters. The van der Waals surface area contributed by atoms with E-state index in [0.29, 0.717) is 10.7 Å². The molecule has 3 N–H and O–H groups in total. The number of hydroxylamine groups is 2. The number of carbonyl (C=O) groups excluding carboxylic acids is 4. The summed E-state index contributed by atoms with van der Waals surface area (Å²) in [6, 6.07) is 5.90. The Balaban J connectivity index is -0.000000367. The second-order valence-corrected chi connectivity index (χ2v) is 6.73. The Morgan fingerprint density at radius 2 is 1.39 bits per heavy atom. The summed E-state index contributed by atoms with van der Waals surface area (Å²) in [6.45, 7) is 11.2. The predicted octanol–water partition coefficient (Wildman–Crippen LogP) is -2.96. The third-order valence-corrected chi connectivity index (χ3v) is 4.44. The Labute approximate surface area is 259 Å². The molecule has 15 nitrogen and oxygen atoms in total. The van der Waals surface area contributed by atoms with Gasteiger partial charge in [-0.05, 0) is 36.3 Å². The molecule has 0 saturated carbocycles. The van der Waals surface area contributed by atoms with Crippen molar-refractivity contribution in [3.05, 3.63) is 40.2 Å². The average Bonchev–Trinajstić information content (AvgIpc) is 2.93. The van der Waals surface area contributed by atoms with Crippen LogP contribution in [0.4, 0.5) is 5.69 Å². The number of carbonyl (C=O) groups is 1. The Morgan fingerprint density at radius 1 is 0.947 bits per heavy atom. The molecule has 0 amide bonds. The number of hydrogen-bond donors (Lipinski definition) is 3. The SMILES string of the molecule is CNC(=S)Nc1ccc(CC(CN(CCN(C[O-])C[O-])CC(=O)O)N([O-])[O-])cc1.[CH-]=O.[CH-]=O.[CH-]=O.[CH-]=O.[Gd]. The molecule has 0 spiro atoms. The van der Waals surface area contributed by atoms with Crippen LogP contribution in [0.2, 0.25) is 0 Å². The van der Waals surface area contributed by atoms with Gasteiger partial charge in [-0.1, -0.05) is 25.6 Å².